The zero-order chi connectivity index (χ0) is 20.7. The lowest BCUT2D eigenvalue weighted by Crippen LogP contribution is -2.48. The Kier molecular flexibility index (Phi) is 8.34. The van der Waals surface area contributed by atoms with Gasteiger partial charge in [-0.1, -0.05) is 73.4 Å². The highest BCUT2D eigenvalue weighted by Gasteiger charge is 2.26. The quantitative estimate of drug-likeness (QED) is 0.670. The molecule has 1 unspecified atom stereocenters. The average Bonchev–Trinajstić information content (AvgIpc) is 2.67. The molecule has 0 saturated carbocycles. The summed E-state index contributed by atoms with van der Waals surface area (Å²) < 4.78 is 0. The molecule has 2 amide bonds. The molecule has 2 aromatic carbocycles. The van der Waals surface area contributed by atoms with Crippen LogP contribution in [0.1, 0.15) is 31.9 Å². The number of carbonyl (C=O) groups excluding carboxylic acids is 2. The zero-order valence-electron chi connectivity index (χ0n) is 16.4. The Labute approximate surface area is 176 Å². The number of halogens is 2. The summed E-state index contributed by atoms with van der Waals surface area (Å²) in [5.74, 6) is 0.0344. The third-order valence-corrected chi connectivity index (χ3v) is 5.13. The lowest BCUT2D eigenvalue weighted by atomic mass is 10.1. The van der Waals surface area contributed by atoms with Crippen LogP contribution >= 0.6 is 23.2 Å². The summed E-state index contributed by atoms with van der Waals surface area (Å²) in [5, 5.41) is 3.76. The third kappa shape index (κ3) is 6.54. The van der Waals surface area contributed by atoms with Gasteiger partial charge in [0.15, 0.2) is 0 Å². The molecule has 0 spiro atoms. The van der Waals surface area contributed by atoms with Crippen LogP contribution in [0.4, 0.5) is 0 Å². The summed E-state index contributed by atoms with van der Waals surface area (Å²) >= 11 is 12.0. The topological polar surface area (TPSA) is 49.4 Å². The molecule has 0 bridgehead atoms. The number of nitrogens with one attached hydrogen (secondary N) is 1. The lowest BCUT2D eigenvalue weighted by Gasteiger charge is -2.29. The van der Waals surface area contributed by atoms with Crippen LogP contribution in [0.3, 0.4) is 0 Å². The van der Waals surface area contributed by atoms with Crippen LogP contribution in [-0.2, 0) is 22.6 Å². The summed E-state index contributed by atoms with van der Waals surface area (Å²) in [4.78, 5) is 27.3. The standard InChI is InChI=1S/C22H26Cl2N2O2/c1-15(2)13-25-22(28)16(3)26(14-17-7-5-4-6-8-17)21(27)12-18-9-10-19(23)20(24)11-18/h4-11,15-16H,12-14H2,1-3H3,(H,25,28). The SMILES string of the molecule is CC(C)CNC(=O)C(C)N(Cc1ccccc1)C(=O)Cc1ccc(Cl)c(Cl)c1. The highest BCUT2D eigenvalue weighted by Crippen LogP contribution is 2.23. The molecule has 2 rings (SSSR count). The molecule has 6 heteroatoms. The Hall–Kier alpha value is -2.04. The van der Waals surface area contributed by atoms with Gasteiger partial charge in [-0.05, 0) is 36.1 Å². The van der Waals surface area contributed by atoms with Gasteiger partial charge in [-0.15, -0.1) is 0 Å². The minimum Gasteiger partial charge on any atom is -0.354 e. The van der Waals surface area contributed by atoms with Gasteiger partial charge in [-0.25, -0.2) is 0 Å². The van der Waals surface area contributed by atoms with Crippen LogP contribution < -0.4 is 5.32 Å². The van der Waals surface area contributed by atoms with Crippen molar-refractivity contribution in [2.24, 2.45) is 5.92 Å². The first-order valence-electron chi connectivity index (χ1n) is 9.33. The van der Waals surface area contributed by atoms with Crippen LogP contribution in [0.5, 0.6) is 0 Å². The smallest absolute Gasteiger partial charge is 0.242 e. The monoisotopic (exact) mass is 420 g/mol. The molecule has 0 aliphatic carbocycles. The predicted octanol–water partition coefficient (Wildman–Crippen LogP) is 4.73. The van der Waals surface area contributed by atoms with Gasteiger partial charge in [-0.3, -0.25) is 9.59 Å². The van der Waals surface area contributed by atoms with Gasteiger partial charge >= 0.3 is 0 Å². The van der Waals surface area contributed by atoms with E-state index in [4.69, 9.17) is 23.2 Å². The number of nitrogens with zero attached hydrogens (tertiary/aromatic N) is 1. The van der Waals surface area contributed by atoms with Crippen LogP contribution in [0.2, 0.25) is 10.0 Å². The molecule has 0 saturated heterocycles. The lowest BCUT2D eigenvalue weighted by molar-refractivity contribution is -0.140. The molecule has 1 N–H and O–H groups in total. The molecule has 0 fully saturated rings. The number of hydrogen-bond acceptors (Lipinski definition) is 2. The summed E-state index contributed by atoms with van der Waals surface area (Å²) in [6, 6.07) is 14.2. The number of benzene rings is 2. The average molecular weight is 421 g/mol. The largest absolute Gasteiger partial charge is 0.354 e. The fourth-order valence-corrected chi connectivity index (χ4v) is 3.06. The number of hydrogen-bond donors (Lipinski definition) is 1. The Morgan fingerprint density at radius 1 is 0.964 bits per heavy atom. The van der Waals surface area contributed by atoms with E-state index in [0.29, 0.717) is 29.1 Å². The molecular formula is C22H26Cl2N2O2. The molecule has 4 nitrogen and oxygen atoms in total. The fraction of sp³-hybridized carbons (Fsp3) is 0.364. The van der Waals surface area contributed by atoms with Crippen molar-refractivity contribution in [1.82, 2.24) is 10.2 Å². The van der Waals surface area contributed by atoms with Gasteiger partial charge in [0.1, 0.15) is 6.04 Å². The van der Waals surface area contributed by atoms with E-state index >= 15 is 0 Å². The number of rotatable bonds is 8. The molecular weight excluding hydrogens is 395 g/mol. The van der Waals surface area contributed by atoms with E-state index in [9.17, 15) is 9.59 Å². The van der Waals surface area contributed by atoms with Crippen LogP contribution in [0, 0.1) is 5.92 Å². The predicted molar refractivity (Wildman–Crippen MR) is 114 cm³/mol. The minimum absolute atomic E-state index is 0.144. The fourth-order valence-electron chi connectivity index (χ4n) is 2.74. The van der Waals surface area contributed by atoms with Gasteiger partial charge in [0, 0.05) is 13.1 Å². The second-order valence-corrected chi connectivity index (χ2v) is 8.06. The zero-order valence-corrected chi connectivity index (χ0v) is 17.9. The molecule has 0 aromatic heterocycles. The van der Waals surface area contributed by atoms with Gasteiger partial charge in [0.2, 0.25) is 11.8 Å². The second-order valence-electron chi connectivity index (χ2n) is 7.25. The van der Waals surface area contributed by atoms with Crippen molar-refractivity contribution >= 4 is 35.0 Å². The van der Waals surface area contributed by atoms with Gasteiger partial charge in [0.05, 0.1) is 16.5 Å². The molecule has 1 atom stereocenters. The third-order valence-electron chi connectivity index (χ3n) is 4.39. The minimum atomic E-state index is -0.589. The maximum atomic E-state index is 13.1. The van der Waals surface area contributed by atoms with Crippen LogP contribution in [0.25, 0.3) is 0 Å². The van der Waals surface area contributed by atoms with Gasteiger partial charge < -0.3 is 10.2 Å². The van der Waals surface area contributed by atoms with Crippen molar-refractivity contribution in [1.29, 1.82) is 0 Å². The van der Waals surface area contributed by atoms with Crippen LogP contribution in [-0.4, -0.2) is 29.3 Å². The Morgan fingerprint density at radius 3 is 2.25 bits per heavy atom. The summed E-state index contributed by atoms with van der Waals surface area (Å²) in [6.45, 7) is 6.75. The van der Waals surface area contributed by atoms with E-state index in [0.717, 1.165) is 11.1 Å². The molecule has 0 aliphatic heterocycles. The molecule has 0 heterocycles. The first-order valence-corrected chi connectivity index (χ1v) is 10.1. The van der Waals surface area contributed by atoms with Crippen molar-refractivity contribution in [3.8, 4) is 0 Å². The molecule has 150 valence electrons. The number of amides is 2. The molecule has 28 heavy (non-hydrogen) atoms. The van der Waals surface area contributed by atoms with Crippen molar-refractivity contribution in [3.63, 3.8) is 0 Å². The first-order chi connectivity index (χ1) is 13.3. The van der Waals surface area contributed by atoms with E-state index in [2.05, 4.69) is 5.32 Å². The van der Waals surface area contributed by atoms with Crippen molar-refractivity contribution < 1.29 is 9.59 Å². The van der Waals surface area contributed by atoms with Crippen LogP contribution in [0.15, 0.2) is 48.5 Å². The highest BCUT2D eigenvalue weighted by molar-refractivity contribution is 6.42. The normalized spacial score (nSPS) is 11.9. The van der Waals surface area contributed by atoms with E-state index < -0.39 is 6.04 Å². The second kappa shape index (κ2) is 10.5. The first kappa shape index (κ1) is 22.3. The molecule has 2 aromatic rings. The Bertz CT molecular complexity index is 809. The summed E-state index contributed by atoms with van der Waals surface area (Å²) in [6.07, 6.45) is 0.144. The van der Waals surface area contributed by atoms with Crippen molar-refractivity contribution in [2.75, 3.05) is 6.54 Å². The molecule has 0 aliphatic rings. The Balaban J connectivity index is 2.19. The van der Waals surface area contributed by atoms with Crippen molar-refractivity contribution in [3.05, 3.63) is 69.7 Å². The van der Waals surface area contributed by atoms with E-state index in [1.807, 2.05) is 44.2 Å². The van der Waals surface area contributed by atoms with E-state index in [-0.39, 0.29) is 18.2 Å². The van der Waals surface area contributed by atoms with E-state index in [1.54, 1.807) is 30.0 Å². The Morgan fingerprint density at radius 2 is 1.64 bits per heavy atom. The van der Waals surface area contributed by atoms with Gasteiger partial charge in [0.25, 0.3) is 0 Å². The maximum Gasteiger partial charge on any atom is 0.242 e. The highest BCUT2D eigenvalue weighted by atomic mass is 35.5. The number of carbonyl (C=O) groups is 2. The van der Waals surface area contributed by atoms with Gasteiger partial charge in [-0.2, -0.15) is 0 Å². The summed E-state index contributed by atoms with van der Waals surface area (Å²) in [5.41, 5.74) is 1.72. The summed E-state index contributed by atoms with van der Waals surface area (Å²) in [7, 11) is 0. The molecule has 0 radical (unpaired) electrons. The van der Waals surface area contributed by atoms with E-state index in [1.165, 1.54) is 0 Å². The maximum absolute atomic E-state index is 13.1. The van der Waals surface area contributed by atoms with Crippen molar-refractivity contribution in [2.45, 2.75) is 39.8 Å².